The number of rotatable bonds is 3. The molecule has 21 heavy (non-hydrogen) atoms. The van der Waals surface area contributed by atoms with Gasteiger partial charge in [0.1, 0.15) is 11.5 Å². The molecular weight excluding hydrogens is 286 g/mol. The van der Waals surface area contributed by atoms with Crippen LogP contribution in [0.2, 0.25) is 0 Å². The molecule has 0 aromatic carbocycles. The second kappa shape index (κ2) is 6.13. The van der Waals surface area contributed by atoms with Crippen molar-refractivity contribution in [3.05, 3.63) is 41.3 Å². The summed E-state index contributed by atoms with van der Waals surface area (Å²) in [6.45, 7) is 4.98. The lowest BCUT2D eigenvalue weighted by Crippen LogP contribution is -2.48. The Balaban J connectivity index is 1.54. The molecule has 5 nitrogen and oxygen atoms in total. The van der Waals surface area contributed by atoms with E-state index < -0.39 is 0 Å². The summed E-state index contributed by atoms with van der Waals surface area (Å²) >= 11 is 1.63. The third-order valence-corrected chi connectivity index (χ3v) is 4.26. The number of furan rings is 1. The molecule has 0 radical (unpaired) electrons. The summed E-state index contributed by atoms with van der Waals surface area (Å²) in [6.07, 6.45) is 5.12. The monoisotopic (exact) mass is 303 g/mol. The molecule has 0 saturated carbocycles. The van der Waals surface area contributed by atoms with Crippen molar-refractivity contribution in [1.29, 1.82) is 0 Å². The van der Waals surface area contributed by atoms with Gasteiger partial charge in [0.2, 0.25) is 5.91 Å². The number of aryl methyl sites for hydroxylation is 1. The third-order valence-electron chi connectivity index (χ3n) is 3.43. The first-order valence-corrected chi connectivity index (χ1v) is 7.78. The van der Waals surface area contributed by atoms with Crippen molar-refractivity contribution in [2.75, 3.05) is 31.1 Å². The molecular formula is C15H17N3O2S. The third kappa shape index (κ3) is 3.33. The van der Waals surface area contributed by atoms with E-state index in [0.717, 1.165) is 37.1 Å². The Kier molecular flexibility index (Phi) is 4.06. The molecule has 0 spiro atoms. The fraction of sp³-hybridized carbons (Fsp3) is 0.333. The Morgan fingerprint density at radius 3 is 2.76 bits per heavy atom. The molecule has 0 unspecified atom stereocenters. The van der Waals surface area contributed by atoms with Crippen LogP contribution in [0.15, 0.2) is 34.2 Å². The minimum absolute atomic E-state index is 0.0304. The van der Waals surface area contributed by atoms with E-state index in [4.69, 9.17) is 4.42 Å². The highest BCUT2D eigenvalue weighted by Gasteiger charge is 2.20. The minimum Gasteiger partial charge on any atom is -0.462 e. The van der Waals surface area contributed by atoms with E-state index in [2.05, 4.69) is 9.88 Å². The topological polar surface area (TPSA) is 49.6 Å². The maximum atomic E-state index is 12.1. The van der Waals surface area contributed by atoms with Gasteiger partial charge in [0.15, 0.2) is 5.13 Å². The first-order chi connectivity index (χ1) is 10.2. The van der Waals surface area contributed by atoms with Crippen LogP contribution < -0.4 is 4.90 Å². The average molecular weight is 303 g/mol. The van der Waals surface area contributed by atoms with Crippen molar-refractivity contribution in [3.8, 4) is 0 Å². The van der Waals surface area contributed by atoms with Crippen LogP contribution in [0.5, 0.6) is 0 Å². The Morgan fingerprint density at radius 2 is 2.14 bits per heavy atom. The van der Waals surface area contributed by atoms with E-state index in [1.807, 2.05) is 35.5 Å². The molecule has 110 valence electrons. The molecule has 1 aliphatic heterocycles. The smallest absolute Gasteiger partial charge is 0.246 e. The molecule has 0 atom stereocenters. The largest absolute Gasteiger partial charge is 0.462 e. The van der Waals surface area contributed by atoms with Crippen molar-refractivity contribution >= 4 is 28.5 Å². The number of carbonyl (C=O) groups is 1. The van der Waals surface area contributed by atoms with Crippen LogP contribution in [0.1, 0.15) is 11.5 Å². The number of anilines is 1. The molecule has 1 amide bonds. The van der Waals surface area contributed by atoms with Crippen LogP contribution in [-0.4, -0.2) is 42.0 Å². The Hall–Kier alpha value is -2.08. The molecule has 1 saturated heterocycles. The fourth-order valence-electron chi connectivity index (χ4n) is 2.29. The lowest BCUT2D eigenvalue weighted by atomic mass is 10.3. The Bertz CT molecular complexity index is 625. The maximum Gasteiger partial charge on any atom is 0.246 e. The quantitative estimate of drug-likeness (QED) is 0.817. The Labute approximate surface area is 127 Å². The van der Waals surface area contributed by atoms with Gasteiger partial charge in [-0.1, -0.05) is 0 Å². The minimum atomic E-state index is 0.0304. The summed E-state index contributed by atoms with van der Waals surface area (Å²) < 4.78 is 5.41. The summed E-state index contributed by atoms with van der Waals surface area (Å²) in [4.78, 5) is 20.5. The number of nitrogens with zero attached hydrogens (tertiary/aromatic N) is 3. The number of amides is 1. The van der Waals surface area contributed by atoms with Gasteiger partial charge in [-0.25, -0.2) is 4.98 Å². The number of hydrogen-bond acceptors (Lipinski definition) is 5. The van der Waals surface area contributed by atoms with Crippen molar-refractivity contribution in [1.82, 2.24) is 9.88 Å². The van der Waals surface area contributed by atoms with Gasteiger partial charge in [0, 0.05) is 43.8 Å². The molecule has 3 rings (SSSR count). The molecule has 2 aromatic rings. The molecule has 0 N–H and O–H groups in total. The predicted octanol–water partition coefficient (Wildman–Crippen LogP) is 2.41. The maximum absolute atomic E-state index is 12.1. The highest BCUT2D eigenvalue weighted by molar-refractivity contribution is 7.13. The van der Waals surface area contributed by atoms with Gasteiger partial charge in [0.05, 0.1) is 0 Å². The van der Waals surface area contributed by atoms with Gasteiger partial charge in [-0.05, 0) is 25.1 Å². The number of thiazole rings is 1. The normalized spacial score (nSPS) is 15.9. The zero-order valence-corrected chi connectivity index (χ0v) is 12.7. The number of aromatic nitrogens is 1. The average Bonchev–Trinajstić information content (AvgIpc) is 3.16. The molecule has 1 aliphatic rings. The first kappa shape index (κ1) is 13.9. The van der Waals surface area contributed by atoms with Gasteiger partial charge >= 0.3 is 0 Å². The first-order valence-electron chi connectivity index (χ1n) is 6.90. The lowest BCUT2D eigenvalue weighted by molar-refractivity contribution is -0.126. The van der Waals surface area contributed by atoms with Crippen molar-refractivity contribution < 1.29 is 9.21 Å². The standard InChI is InChI=1S/C15H17N3O2S/c1-12-2-3-13(20-12)4-5-14(19)17-7-9-18(10-8-17)15-16-6-11-21-15/h2-6,11H,7-10H2,1H3. The van der Waals surface area contributed by atoms with Gasteiger partial charge < -0.3 is 14.2 Å². The second-order valence-corrected chi connectivity index (χ2v) is 5.78. The van der Waals surface area contributed by atoms with E-state index in [-0.39, 0.29) is 5.91 Å². The number of hydrogen-bond donors (Lipinski definition) is 0. The fourth-order valence-corrected chi connectivity index (χ4v) is 2.99. The van der Waals surface area contributed by atoms with Crippen LogP contribution >= 0.6 is 11.3 Å². The molecule has 3 heterocycles. The summed E-state index contributed by atoms with van der Waals surface area (Å²) in [5.41, 5.74) is 0. The highest BCUT2D eigenvalue weighted by Crippen LogP contribution is 2.19. The predicted molar refractivity (Wildman–Crippen MR) is 83.4 cm³/mol. The highest BCUT2D eigenvalue weighted by atomic mass is 32.1. The number of carbonyl (C=O) groups excluding carboxylic acids is 1. The second-order valence-electron chi connectivity index (χ2n) is 4.91. The molecule has 0 bridgehead atoms. The zero-order chi connectivity index (χ0) is 14.7. The van der Waals surface area contributed by atoms with Crippen molar-refractivity contribution in [2.45, 2.75) is 6.92 Å². The van der Waals surface area contributed by atoms with Crippen LogP contribution in [-0.2, 0) is 4.79 Å². The molecule has 2 aromatic heterocycles. The summed E-state index contributed by atoms with van der Waals surface area (Å²) in [7, 11) is 0. The van der Waals surface area contributed by atoms with E-state index in [0.29, 0.717) is 5.76 Å². The SMILES string of the molecule is Cc1ccc(C=CC(=O)N2CCN(c3nccs3)CC2)o1. The van der Waals surface area contributed by atoms with E-state index in [1.165, 1.54) is 0 Å². The summed E-state index contributed by atoms with van der Waals surface area (Å²) in [5, 5.41) is 3.00. The lowest BCUT2D eigenvalue weighted by Gasteiger charge is -2.34. The van der Waals surface area contributed by atoms with E-state index in [9.17, 15) is 4.79 Å². The van der Waals surface area contributed by atoms with Crippen molar-refractivity contribution in [3.63, 3.8) is 0 Å². The van der Waals surface area contributed by atoms with Gasteiger partial charge in [-0.15, -0.1) is 11.3 Å². The van der Waals surface area contributed by atoms with Gasteiger partial charge in [-0.2, -0.15) is 0 Å². The van der Waals surface area contributed by atoms with Gasteiger partial charge in [-0.3, -0.25) is 4.79 Å². The van der Waals surface area contributed by atoms with Gasteiger partial charge in [0.25, 0.3) is 0 Å². The molecule has 0 aliphatic carbocycles. The molecule has 1 fully saturated rings. The van der Waals surface area contributed by atoms with Crippen LogP contribution in [0.25, 0.3) is 6.08 Å². The van der Waals surface area contributed by atoms with Crippen LogP contribution in [0.3, 0.4) is 0 Å². The van der Waals surface area contributed by atoms with Crippen LogP contribution in [0.4, 0.5) is 5.13 Å². The Morgan fingerprint density at radius 1 is 1.33 bits per heavy atom. The summed E-state index contributed by atoms with van der Waals surface area (Å²) in [6, 6.07) is 3.75. The molecule has 6 heteroatoms. The van der Waals surface area contributed by atoms with E-state index >= 15 is 0 Å². The van der Waals surface area contributed by atoms with E-state index in [1.54, 1.807) is 23.5 Å². The summed E-state index contributed by atoms with van der Waals surface area (Å²) in [5.74, 6) is 1.59. The van der Waals surface area contributed by atoms with Crippen LogP contribution in [0, 0.1) is 6.92 Å². The zero-order valence-electron chi connectivity index (χ0n) is 11.9. The van der Waals surface area contributed by atoms with Crippen molar-refractivity contribution in [2.24, 2.45) is 0 Å². The number of piperazine rings is 1.